The second-order valence-corrected chi connectivity index (χ2v) is 13.0. The van der Waals surface area contributed by atoms with E-state index in [0.717, 1.165) is 17.7 Å². The highest BCUT2D eigenvalue weighted by Gasteiger charge is 2.39. The average Bonchev–Trinajstić information content (AvgIpc) is 2.53. The minimum absolute atomic E-state index is 0.161. The maximum Gasteiger partial charge on any atom is 0.192 e. The Morgan fingerprint density at radius 1 is 1.16 bits per heavy atom. The van der Waals surface area contributed by atoms with Crippen molar-refractivity contribution in [1.82, 2.24) is 0 Å². The van der Waals surface area contributed by atoms with Crippen molar-refractivity contribution in [2.45, 2.75) is 65.0 Å². The van der Waals surface area contributed by atoms with E-state index in [9.17, 15) is 0 Å². The number of methoxy groups -OCH3 is 1. The Bertz CT molecular complexity index is 517. The molecule has 0 aliphatic rings. The fraction of sp³-hybridized carbons (Fsp3) is 0.619. The van der Waals surface area contributed by atoms with Crippen molar-refractivity contribution in [2.24, 2.45) is 5.92 Å². The predicted octanol–water partition coefficient (Wildman–Crippen LogP) is 5.81. The predicted molar refractivity (Wildman–Crippen MR) is 109 cm³/mol. The second-order valence-electron chi connectivity index (χ2n) is 8.28. The fourth-order valence-corrected chi connectivity index (χ4v) is 3.75. The molecule has 142 valence electrons. The molecule has 0 N–H and O–H groups in total. The molecule has 0 aliphatic carbocycles. The lowest BCUT2D eigenvalue weighted by atomic mass is 10.0. The van der Waals surface area contributed by atoms with Gasteiger partial charge in [-0.1, -0.05) is 45.9 Å². The minimum atomic E-state index is -1.80. The van der Waals surface area contributed by atoms with E-state index < -0.39 is 8.32 Å². The Balaban J connectivity index is 2.57. The molecular formula is C21H36O3Si. The van der Waals surface area contributed by atoms with Crippen LogP contribution in [0.3, 0.4) is 0 Å². The summed E-state index contributed by atoms with van der Waals surface area (Å²) in [5, 5.41) is 0.204. The van der Waals surface area contributed by atoms with Gasteiger partial charge in [-0.25, -0.2) is 0 Å². The van der Waals surface area contributed by atoms with Gasteiger partial charge in [-0.15, -0.1) is 6.58 Å². The molecule has 0 saturated carbocycles. The standard InChI is InChI=1S/C21H36O3Si/c1-9-10-20(24-25(7,8)21(3,4)5)17(2)15-23-16-18-11-13-19(22-6)14-12-18/h9,11-14,17,20H,1,10,15-16H2,2-8H3/t17-,20+/m1/s1. The minimum Gasteiger partial charge on any atom is -0.497 e. The SMILES string of the molecule is C=CC[C@H](O[Si](C)(C)C(C)(C)C)[C@H](C)COCc1ccc(OC)cc1. The van der Waals surface area contributed by atoms with Crippen LogP contribution in [0.1, 0.15) is 39.7 Å². The molecule has 0 bridgehead atoms. The maximum absolute atomic E-state index is 6.61. The zero-order valence-electron chi connectivity index (χ0n) is 17.1. The Hall–Kier alpha value is -1.10. The highest BCUT2D eigenvalue weighted by atomic mass is 28.4. The lowest BCUT2D eigenvalue weighted by Crippen LogP contribution is -2.46. The lowest BCUT2D eigenvalue weighted by Gasteiger charge is -2.40. The van der Waals surface area contributed by atoms with E-state index in [1.165, 1.54) is 0 Å². The molecule has 1 rings (SSSR count). The van der Waals surface area contributed by atoms with Gasteiger partial charge in [0.25, 0.3) is 0 Å². The van der Waals surface area contributed by atoms with Crippen LogP contribution >= 0.6 is 0 Å². The smallest absolute Gasteiger partial charge is 0.192 e. The quantitative estimate of drug-likeness (QED) is 0.387. The largest absolute Gasteiger partial charge is 0.497 e. The van der Waals surface area contributed by atoms with Crippen molar-refractivity contribution in [3.8, 4) is 5.75 Å². The van der Waals surface area contributed by atoms with Crippen LogP contribution in [0.25, 0.3) is 0 Å². The summed E-state index contributed by atoms with van der Waals surface area (Å²) in [5.74, 6) is 1.19. The maximum atomic E-state index is 6.61. The molecule has 3 nitrogen and oxygen atoms in total. The van der Waals surface area contributed by atoms with Gasteiger partial charge in [0.15, 0.2) is 8.32 Å². The number of rotatable bonds is 10. The first-order chi connectivity index (χ1) is 11.6. The highest BCUT2D eigenvalue weighted by Crippen LogP contribution is 2.38. The summed E-state index contributed by atoms with van der Waals surface area (Å²) in [7, 11) is -0.123. The molecule has 4 heteroatoms. The van der Waals surface area contributed by atoms with Gasteiger partial charge >= 0.3 is 0 Å². The molecular weight excluding hydrogens is 328 g/mol. The van der Waals surface area contributed by atoms with Crippen LogP contribution in [0.4, 0.5) is 0 Å². The topological polar surface area (TPSA) is 27.7 Å². The van der Waals surface area contributed by atoms with Gasteiger partial charge in [0.1, 0.15) is 5.75 Å². The van der Waals surface area contributed by atoms with Crippen molar-refractivity contribution in [3.63, 3.8) is 0 Å². The highest BCUT2D eigenvalue weighted by molar-refractivity contribution is 6.74. The van der Waals surface area contributed by atoms with Crippen LogP contribution in [0.15, 0.2) is 36.9 Å². The van der Waals surface area contributed by atoms with Gasteiger partial charge in [-0.3, -0.25) is 0 Å². The first-order valence-electron chi connectivity index (χ1n) is 9.10. The summed E-state index contributed by atoms with van der Waals surface area (Å²) in [6, 6.07) is 8.00. The van der Waals surface area contributed by atoms with Crippen LogP contribution in [0, 0.1) is 5.92 Å². The Morgan fingerprint density at radius 3 is 2.24 bits per heavy atom. The second kappa shape index (κ2) is 9.55. The molecule has 0 saturated heterocycles. The number of benzene rings is 1. The van der Waals surface area contributed by atoms with E-state index in [0.29, 0.717) is 19.1 Å². The van der Waals surface area contributed by atoms with Gasteiger partial charge in [0.05, 0.1) is 26.4 Å². The van der Waals surface area contributed by atoms with Gasteiger partial charge in [-0.05, 0) is 42.2 Å². The molecule has 0 unspecified atom stereocenters. The molecule has 1 aromatic carbocycles. The van der Waals surface area contributed by atoms with E-state index in [4.69, 9.17) is 13.9 Å². The molecule has 0 spiro atoms. The average molecular weight is 365 g/mol. The molecule has 0 fully saturated rings. The summed E-state index contributed by atoms with van der Waals surface area (Å²) in [4.78, 5) is 0. The van der Waals surface area contributed by atoms with Crippen LogP contribution in [-0.4, -0.2) is 28.1 Å². The first-order valence-corrected chi connectivity index (χ1v) is 12.0. The van der Waals surface area contributed by atoms with E-state index in [1.54, 1.807) is 7.11 Å². The van der Waals surface area contributed by atoms with Crippen molar-refractivity contribution < 1.29 is 13.9 Å². The fourth-order valence-electron chi connectivity index (χ4n) is 2.31. The summed E-state index contributed by atoms with van der Waals surface area (Å²) < 4.78 is 17.7. The van der Waals surface area contributed by atoms with Gasteiger partial charge in [0.2, 0.25) is 0 Å². The summed E-state index contributed by atoms with van der Waals surface area (Å²) in [5.41, 5.74) is 1.15. The van der Waals surface area contributed by atoms with E-state index in [1.807, 2.05) is 30.3 Å². The third-order valence-electron chi connectivity index (χ3n) is 5.09. The number of hydrogen-bond acceptors (Lipinski definition) is 3. The molecule has 1 aromatic rings. The lowest BCUT2D eigenvalue weighted by molar-refractivity contribution is 0.0352. The van der Waals surface area contributed by atoms with Crippen molar-refractivity contribution >= 4 is 8.32 Å². The van der Waals surface area contributed by atoms with Gasteiger partial charge in [0, 0.05) is 5.92 Å². The van der Waals surface area contributed by atoms with Gasteiger partial charge in [-0.2, -0.15) is 0 Å². The van der Waals surface area contributed by atoms with Crippen LogP contribution in [0.5, 0.6) is 5.75 Å². The summed E-state index contributed by atoms with van der Waals surface area (Å²) in [6.07, 6.45) is 2.98. The Kier molecular flexibility index (Phi) is 8.38. The monoisotopic (exact) mass is 364 g/mol. The van der Waals surface area contributed by atoms with Crippen molar-refractivity contribution in [1.29, 1.82) is 0 Å². The van der Waals surface area contributed by atoms with Crippen LogP contribution < -0.4 is 4.74 Å². The first kappa shape index (κ1) is 21.9. The van der Waals surface area contributed by atoms with Crippen LogP contribution in [-0.2, 0) is 15.8 Å². The molecule has 0 aliphatic heterocycles. The zero-order chi connectivity index (χ0) is 19.1. The number of hydrogen-bond donors (Lipinski definition) is 0. The molecule has 0 aromatic heterocycles. The molecule has 25 heavy (non-hydrogen) atoms. The third-order valence-corrected chi connectivity index (χ3v) is 9.60. The molecule has 0 heterocycles. The zero-order valence-corrected chi connectivity index (χ0v) is 18.1. The van der Waals surface area contributed by atoms with E-state index >= 15 is 0 Å². The Labute approximate surface area is 155 Å². The molecule has 0 radical (unpaired) electrons. The Morgan fingerprint density at radius 2 is 1.76 bits per heavy atom. The molecule has 2 atom stereocenters. The molecule has 0 amide bonds. The number of ether oxygens (including phenoxy) is 2. The normalized spacial score (nSPS) is 14.8. The van der Waals surface area contributed by atoms with E-state index in [2.05, 4.69) is 47.4 Å². The van der Waals surface area contributed by atoms with Crippen molar-refractivity contribution in [2.75, 3.05) is 13.7 Å². The summed E-state index contributed by atoms with van der Waals surface area (Å²) in [6.45, 7) is 18.8. The third kappa shape index (κ3) is 6.96. The van der Waals surface area contributed by atoms with Crippen molar-refractivity contribution in [3.05, 3.63) is 42.5 Å². The summed E-state index contributed by atoms with van der Waals surface area (Å²) >= 11 is 0. The van der Waals surface area contributed by atoms with E-state index in [-0.39, 0.29) is 11.1 Å². The van der Waals surface area contributed by atoms with Crippen LogP contribution in [0.2, 0.25) is 18.1 Å². The van der Waals surface area contributed by atoms with Gasteiger partial charge < -0.3 is 13.9 Å².